The number of halogens is 1. The van der Waals surface area contributed by atoms with Crippen molar-refractivity contribution >= 4 is 21.7 Å². The van der Waals surface area contributed by atoms with Gasteiger partial charge in [-0.1, -0.05) is 18.2 Å². The highest BCUT2D eigenvalue weighted by atomic mass is 32.2. The standard InChI is InChI=1S/C15H20FN3O5S/c1-10(20)14(15(21)17-22)18-25(23,24)19-8-6-12(7-9-19)11-2-4-13(16)5-3-11/h2-6,10,14,18,20,22H,7-9H2,1H3,(H,17,21)/t10-,14+/m0/s1. The van der Waals surface area contributed by atoms with Gasteiger partial charge in [0.2, 0.25) is 0 Å². The van der Waals surface area contributed by atoms with Gasteiger partial charge in [0.1, 0.15) is 11.9 Å². The number of rotatable bonds is 6. The largest absolute Gasteiger partial charge is 0.391 e. The maximum atomic E-state index is 13.0. The van der Waals surface area contributed by atoms with Gasteiger partial charge in [-0.25, -0.2) is 9.87 Å². The lowest BCUT2D eigenvalue weighted by Crippen LogP contribution is -2.55. The fraction of sp³-hybridized carbons (Fsp3) is 0.400. The van der Waals surface area contributed by atoms with E-state index in [-0.39, 0.29) is 18.9 Å². The van der Waals surface area contributed by atoms with Crippen molar-refractivity contribution in [3.63, 3.8) is 0 Å². The number of nitrogens with zero attached hydrogens (tertiary/aromatic N) is 1. The van der Waals surface area contributed by atoms with Gasteiger partial charge in [0, 0.05) is 13.1 Å². The van der Waals surface area contributed by atoms with Crippen molar-refractivity contribution in [2.24, 2.45) is 0 Å². The van der Waals surface area contributed by atoms with Gasteiger partial charge < -0.3 is 5.11 Å². The quantitative estimate of drug-likeness (QED) is 0.414. The normalized spacial score (nSPS) is 18.3. The van der Waals surface area contributed by atoms with Crippen LogP contribution in [0.3, 0.4) is 0 Å². The van der Waals surface area contributed by atoms with Crippen molar-refractivity contribution in [3.8, 4) is 0 Å². The van der Waals surface area contributed by atoms with E-state index in [1.807, 2.05) is 0 Å². The van der Waals surface area contributed by atoms with Gasteiger partial charge in [-0.05, 0) is 36.6 Å². The predicted molar refractivity (Wildman–Crippen MR) is 88.0 cm³/mol. The first-order valence-corrected chi connectivity index (χ1v) is 9.03. The second-order valence-corrected chi connectivity index (χ2v) is 7.36. The van der Waals surface area contributed by atoms with E-state index < -0.39 is 28.3 Å². The molecule has 0 saturated carbocycles. The first-order valence-electron chi connectivity index (χ1n) is 7.59. The number of nitrogens with one attached hydrogen (secondary N) is 2. The summed E-state index contributed by atoms with van der Waals surface area (Å²) in [5.74, 6) is -1.40. The minimum atomic E-state index is -4.05. The molecule has 0 bridgehead atoms. The fourth-order valence-corrected chi connectivity index (χ4v) is 3.85. The summed E-state index contributed by atoms with van der Waals surface area (Å²) in [7, 11) is -4.05. The van der Waals surface area contributed by atoms with Crippen molar-refractivity contribution in [2.75, 3.05) is 13.1 Å². The SMILES string of the molecule is C[C@H](O)[C@@H](NS(=O)(=O)N1CC=C(c2ccc(F)cc2)CC1)C(=O)NO. The maximum absolute atomic E-state index is 13.0. The first kappa shape index (κ1) is 19.5. The predicted octanol–water partition coefficient (Wildman–Crippen LogP) is 0.00400. The fourth-order valence-electron chi connectivity index (χ4n) is 2.47. The Labute approximate surface area is 145 Å². The third-order valence-electron chi connectivity index (χ3n) is 3.88. The van der Waals surface area contributed by atoms with E-state index in [4.69, 9.17) is 5.21 Å². The van der Waals surface area contributed by atoms with Gasteiger partial charge in [0.15, 0.2) is 0 Å². The highest BCUT2D eigenvalue weighted by Gasteiger charge is 2.32. The molecule has 1 heterocycles. The zero-order chi connectivity index (χ0) is 18.6. The number of hydrogen-bond acceptors (Lipinski definition) is 5. The van der Waals surface area contributed by atoms with Crippen LogP contribution in [0.15, 0.2) is 30.3 Å². The molecule has 10 heteroatoms. The van der Waals surface area contributed by atoms with E-state index in [2.05, 4.69) is 4.72 Å². The second kappa shape index (κ2) is 8.02. The van der Waals surface area contributed by atoms with Gasteiger partial charge in [-0.15, -0.1) is 0 Å². The number of carbonyl (C=O) groups is 1. The molecule has 1 aromatic carbocycles. The zero-order valence-corrected chi connectivity index (χ0v) is 14.3. The Morgan fingerprint density at radius 1 is 1.32 bits per heavy atom. The summed E-state index contributed by atoms with van der Waals surface area (Å²) in [6.45, 7) is 1.45. The van der Waals surface area contributed by atoms with Gasteiger partial charge >= 0.3 is 0 Å². The summed E-state index contributed by atoms with van der Waals surface area (Å²) in [5.41, 5.74) is 3.03. The second-order valence-electron chi connectivity index (χ2n) is 5.66. The molecule has 138 valence electrons. The Balaban J connectivity index is 2.09. The Kier molecular flexibility index (Phi) is 6.25. The smallest absolute Gasteiger partial charge is 0.280 e. The summed E-state index contributed by atoms with van der Waals surface area (Å²) < 4.78 is 40.9. The van der Waals surface area contributed by atoms with Crippen LogP contribution in [-0.4, -0.2) is 54.2 Å². The van der Waals surface area contributed by atoms with Crippen molar-refractivity contribution in [1.82, 2.24) is 14.5 Å². The van der Waals surface area contributed by atoms with Crippen LogP contribution in [0.2, 0.25) is 0 Å². The number of hydrogen-bond donors (Lipinski definition) is 4. The van der Waals surface area contributed by atoms with Gasteiger partial charge in [-0.3, -0.25) is 10.0 Å². The molecule has 0 unspecified atom stereocenters. The molecule has 1 aromatic rings. The van der Waals surface area contributed by atoms with Crippen LogP contribution < -0.4 is 10.2 Å². The number of carbonyl (C=O) groups excluding carboxylic acids is 1. The molecule has 0 saturated heterocycles. The van der Waals surface area contributed by atoms with Crippen LogP contribution in [0.25, 0.3) is 5.57 Å². The summed E-state index contributed by atoms with van der Waals surface area (Å²) in [6, 6.07) is 4.40. The third-order valence-corrected chi connectivity index (χ3v) is 5.44. The van der Waals surface area contributed by atoms with Crippen LogP contribution >= 0.6 is 0 Å². The zero-order valence-electron chi connectivity index (χ0n) is 13.5. The summed E-state index contributed by atoms with van der Waals surface area (Å²) in [5, 5.41) is 18.2. The van der Waals surface area contributed by atoms with Crippen molar-refractivity contribution in [1.29, 1.82) is 0 Å². The topological polar surface area (TPSA) is 119 Å². The molecular formula is C15H20FN3O5S. The number of aliphatic hydroxyl groups excluding tert-OH is 1. The molecule has 8 nitrogen and oxygen atoms in total. The minimum absolute atomic E-state index is 0.0648. The highest BCUT2D eigenvalue weighted by Crippen LogP contribution is 2.23. The Morgan fingerprint density at radius 2 is 1.96 bits per heavy atom. The molecule has 0 fully saturated rings. The summed E-state index contributed by atoms with van der Waals surface area (Å²) >= 11 is 0. The van der Waals surface area contributed by atoms with Gasteiger partial charge in [-0.2, -0.15) is 17.4 Å². The van der Waals surface area contributed by atoms with Crippen LogP contribution in [0.5, 0.6) is 0 Å². The number of amides is 1. The molecule has 1 aliphatic rings. The van der Waals surface area contributed by atoms with Crippen molar-refractivity contribution in [2.45, 2.75) is 25.5 Å². The molecule has 1 aliphatic heterocycles. The van der Waals surface area contributed by atoms with Gasteiger partial charge in [0.05, 0.1) is 6.10 Å². The molecule has 0 aromatic heterocycles. The van der Waals surface area contributed by atoms with E-state index in [9.17, 15) is 22.7 Å². The average molecular weight is 373 g/mol. The monoisotopic (exact) mass is 373 g/mol. The number of aliphatic hydroxyl groups is 1. The van der Waals surface area contributed by atoms with Crippen LogP contribution in [0, 0.1) is 5.82 Å². The molecule has 4 N–H and O–H groups in total. The molecule has 0 aliphatic carbocycles. The molecule has 0 radical (unpaired) electrons. The van der Waals surface area contributed by atoms with Crippen LogP contribution in [0.4, 0.5) is 4.39 Å². The summed E-state index contributed by atoms with van der Waals surface area (Å²) in [6.07, 6.45) is 0.786. The van der Waals surface area contributed by atoms with Crippen LogP contribution in [-0.2, 0) is 15.0 Å². The van der Waals surface area contributed by atoms with Crippen molar-refractivity contribution in [3.05, 3.63) is 41.7 Å². The Hall–Kier alpha value is -1.85. The number of hydroxylamine groups is 1. The lowest BCUT2D eigenvalue weighted by molar-refractivity contribution is -0.133. The summed E-state index contributed by atoms with van der Waals surface area (Å²) in [4.78, 5) is 11.5. The Morgan fingerprint density at radius 3 is 2.44 bits per heavy atom. The Bertz CT molecular complexity index is 749. The average Bonchev–Trinajstić information content (AvgIpc) is 2.59. The maximum Gasteiger partial charge on any atom is 0.280 e. The molecule has 1 amide bonds. The van der Waals surface area contributed by atoms with Crippen molar-refractivity contribution < 1.29 is 27.9 Å². The van der Waals surface area contributed by atoms with E-state index >= 15 is 0 Å². The lowest BCUT2D eigenvalue weighted by Gasteiger charge is -2.28. The van der Waals surface area contributed by atoms with E-state index in [1.165, 1.54) is 24.5 Å². The lowest BCUT2D eigenvalue weighted by atomic mass is 10.0. The molecule has 25 heavy (non-hydrogen) atoms. The third kappa shape index (κ3) is 4.83. The minimum Gasteiger partial charge on any atom is -0.391 e. The van der Waals surface area contributed by atoms with E-state index in [0.717, 1.165) is 15.4 Å². The molecular weight excluding hydrogens is 353 g/mol. The van der Waals surface area contributed by atoms with Gasteiger partial charge in [0.25, 0.3) is 16.1 Å². The first-order chi connectivity index (χ1) is 11.7. The van der Waals surface area contributed by atoms with Crippen LogP contribution in [0.1, 0.15) is 18.9 Å². The molecule has 0 spiro atoms. The molecule has 2 rings (SSSR count). The van der Waals surface area contributed by atoms with E-state index in [1.54, 1.807) is 18.2 Å². The molecule has 2 atom stereocenters. The highest BCUT2D eigenvalue weighted by molar-refractivity contribution is 7.87. The number of benzene rings is 1. The van der Waals surface area contributed by atoms with E-state index in [0.29, 0.717) is 6.42 Å².